The number of carbonyl (C=O) groups excluding carboxylic acids is 1. The van der Waals surface area contributed by atoms with Gasteiger partial charge in [0.2, 0.25) is 0 Å². The van der Waals surface area contributed by atoms with Gasteiger partial charge in [-0.1, -0.05) is 90.8 Å². The molecule has 9 nitrogen and oxygen atoms in total. The predicted octanol–water partition coefficient (Wildman–Crippen LogP) is 6.75. The standard InChI is InChI=1S/C30H31N5O4/c1-23-33-28(25-14-6-4-7-15-25)29(26-16-8-5-9-17-26)34(23)20-11-3-2-10-19-31-30(36)39-32-22-24-13-12-18-27(21-24)35(37)38/h4-9,12-18,21-22H,2-3,10-11,19-20H2,1H3,(H,31,36)/b32-22+. The molecule has 0 unspecified atom stereocenters. The maximum atomic E-state index is 11.8. The summed E-state index contributed by atoms with van der Waals surface area (Å²) in [4.78, 5) is 31.9. The smallest absolute Gasteiger partial charge is 0.328 e. The third-order valence-corrected chi connectivity index (χ3v) is 6.25. The predicted molar refractivity (Wildman–Crippen MR) is 151 cm³/mol. The second-order valence-corrected chi connectivity index (χ2v) is 9.05. The molecule has 39 heavy (non-hydrogen) atoms. The fraction of sp³-hybridized carbons (Fsp3) is 0.233. The average molecular weight is 526 g/mol. The molecule has 0 fully saturated rings. The monoisotopic (exact) mass is 525 g/mol. The zero-order chi connectivity index (χ0) is 27.5. The van der Waals surface area contributed by atoms with Gasteiger partial charge in [-0.3, -0.25) is 15.0 Å². The molecule has 0 bridgehead atoms. The van der Waals surface area contributed by atoms with Gasteiger partial charge < -0.3 is 9.88 Å². The largest absolute Gasteiger partial charge is 0.433 e. The van der Waals surface area contributed by atoms with Crippen molar-refractivity contribution in [3.63, 3.8) is 0 Å². The number of hydrogen-bond acceptors (Lipinski definition) is 6. The van der Waals surface area contributed by atoms with Gasteiger partial charge in [-0.05, 0) is 19.8 Å². The highest BCUT2D eigenvalue weighted by Crippen LogP contribution is 2.33. The van der Waals surface area contributed by atoms with Gasteiger partial charge >= 0.3 is 6.09 Å². The summed E-state index contributed by atoms with van der Waals surface area (Å²) in [6.45, 7) is 3.39. The number of aryl methyl sites for hydroxylation is 1. The van der Waals surface area contributed by atoms with E-state index in [9.17, 15) is 14.9 Å². The summed E-state index contributed by atoms with van der Waals surface area (Å²) in [5, 5.41) is 17.1. The van der Waals surface area contributed by atoms with Gasteiger partial charge in [0.1, 0.15) is 5.82 Å². The lowest BCUT2D eigenvalue weighted by Gasteiger charge is -2.12. The zero-order valence-electron chi connectivity index (χ0n) is 21.8. The second kappa shape index (κ2) is 13.7. The zero-order valence-corrected chi connectivity index (χ0v) is 21.8. The Labute approximate surface area is 227 Å². The van der Waals surface area contributed by atoms with Crippen LogP contribution in [0.15, 0.2) is 90.1 Å². The van der Waals surface area contributed by atoms with Crippen molar-refractivity contribution in [2.24, 2.45) is 5.16 Å². The summed E-state index contributed by atoms with van der Waals surface area (Å²) >= 11 is 0. The minimum atomic E-state index is -0.660. The maximum absolute atomic E-state index is 11.8. The van der Waals surface area contributed by atoms with Crippen molar-refractivity contribution >= 4 is 18.0 Å². The van der Waals surface area contributed by atoms with Crippen LogP contribution in [-0.2, 0) is 11.4 Å². The van der Waals surface area contributed by atoms with Crippen LogP contribution in [0.5, 0.6) is 0 Å². The van der Waals surface area contributed by atoms with Gasteiger partial charge in [-0.15, -0.1) is 0 Å². The minimum absolute atomic E-state index is 0.0560. The summed E-state index contributed by atoms with van der Waals surface area (Å²) in [5.41, 5.74) is 4.79. The van der Waals surface area contributed by atoms with E-state index in [4.69, 9.17) is 9.82 Å². The van der Waals surface area contributed by atoms with Crippen LogP contribution in [0.3, 0.4) is 0 Å². The first-order valence-corrected chi connectivity index (χ1v) is 12.9. The summed E-state index contributed by atoms with van der Waals surface area (Å²) in [6, 6.07) is 26.5. The number of carbonyl (C=O) groups is 1. The van der Waals surface area contributed by atoms with Gasteiger partial charge in [0.25, 0.3) is 5.69 Å². The Hall–Kier alpha value is -4.79. The number of nitro groups is 1. The molecule has 200 valence electrons. The summed E-state index contributed by atoms with van der Waals surface area (Å²) < 4.78 is 2.30. The highest BCUT2D eigenvalue weighted by atomic mass is 16.7. The van der Waals surface area contributed by atoms with Crippen LogP contribution in [0.25, 0.3) is 22.5 Å². The van der Waals surface area contributed by atoms with Crippen LogP contribution in [0.2, 0.25) is 0 Å². The Bertz CT molecular complexity index is 1420. The first-order chi connectivity index (χ1) is 19.0. The number of nitrogens with zero attached hydrogens (tertiary/aromatic N) is 4. The number of non-ortho nitro benzene ring substituents is 1. The molecule has 0 saturated carbocycles. The fourth-order valence-corrected chi connectivity index (χ4v) is 4.35. The molecule has 0 aliphatic carbocycles. The SMILES string of the molecule is Cc1nc(-c2ccccc2)c(-c2ccccc2)n1CCCCCCNC(=O)O/N=C/c1cccc([N+](=O)[O-])c1. The molecule has 0 aliphatic rings. The van der Waals surface area contributed by atoms with E-state index in [-0.39, 0.29) is 5.69 Å². The third kappa shape index (κ3) is 7.61. The first kappa shape index (κ1) is 27.3. The van der Waals surface area contributed by atoms with Crippen molar-refractivity contribution in [2.75, 3.05) is 6.54 Å². The van der Waals surface area contributed by atoms with Gasteiger partial charge in [0.05, 0.1) is 22.5 Å². The van der Waals surface area contributed by atoms with Gasteiger partial charge in [-0.2, -0.15) is 0 Å². The molecular formula is C30H31N5O4. The van der Waals surface area contributed by atoms with Gasteiger partial charge in [-0.25, -0.2) is 9.78 Å². The van der Waals surface area contributed by atoms with E-state index in [1.807, 2.05) is 36.4 Å². The number of nitro benzene ring substituents is 1. The highest BCUT2D eigenvalue weighted by Gasteiger charge is 2.17. The molecule has 9 heteroatoms. The molecular weight excluding hydrogens is 494 g/mol. The van der Waals surface area contributed by atoms with E-state index >= 15 is 0 Å². The maximum Gasteiger partial charge on any atom is 0.433 e. The van der Waals surface area contributed by atoms with E-state index < -0.39 is 11.0 Å². The number of aromatic nitrogens is 2. The quantitative estimate of drug-likeness (QED) is 0.0722. The fourth-order valence-electron chi connectivity index (χ4n) is 4.35. The average Bonchev–Trinajstić information content (AvgIpc) is 3.29. The molecule has 1 N–H and O–H groups in total. The summed E-state index contributed by atoms with van der Waals surface area (Å²) in [5.74, 6) is 0.989. The lowest BCUT2D eigenvalue weighted by molar-refractivity contribution is -0.384. The molecule has 1 amide bonds. The van der Waals surface area contributed by atoms with Crippen LogP contribution in [0.4, 0.5) is 10.5 Å². The molecule has 1 heterocycles. The van der Waals surface area contributed by atoms with E-state index in [2.05, 4.69) is 46.2 Å². The third-order valence-electron chi connectivity index (χ3n) is 6.25. The minimum Gasteiger partial charge on any atom is -0.328 e. The van der Waals surface area contributed by atoms with E-state index in [0.29, 0.717) is 12.1 Å². The number of hydrogen-bond donors (Lipinski definition) is 1. The summed E-state index contributed by atoms with van der Waals surface area (Å²) in [7, 11) is 0. The van der Waals surface area contributed by atoms with Crippen molar-refractivity contribution < 1.29 is 14.6 Å². The molecule has 0 spiro atoms. The topological polar surface area (TPSA) is 112 Å². The lowest BCUT2D eigenvalue weighted by Crippen LogP contribution is -2.23. The van der Waals surface area contributed by atoms with Crippen molar-refractivity contribution in [3.05, 3.63) is 106 Å². The van der Waals surface area contributed by atoms with Crippen molar-refractivity contribution in [3.8, 4) is 22.5 Å². The van der Waals surface area contributed by atoms with E-state index in [1.165, 1.54) is 18.3 Å². The molecule has 3 aromatic carbocycles. The Morgan fingerprint density at radius 1 is 0.974 bits per heavy atom. The van der Waals surface area contributed by atoms with Gasteiger partial charge in [0, 0.05) is 41.9 Å². The van der Waals surface area contributed by atoms with Gasteiger partial charge in [0.15, 0.2) is 0 Å². The normalized spacial score (nSPS) is 11.0. The number of unbranched alkanes of at least 4 members (excludes halogenated alkanes) is 3. The Balaban J connectivity index is 1.23. The number of imidazole rings is 1. The Kier molecular flexibility index (Phi) is 9.55. The van der Waals surface area contributed by atoms with Crippen LogP contribution >= 0.6 is 0 Å². The Morgan fingerprint density at radius 3 is 2.38 bits per heavy atom. The molecule has 4 rings (SSSR count). The number of benzene rings is 3. The molecule has 0 atom stereocenters. The van der Waals surface area contributed by atoms with E-state index in [0.717, 1.165) is 60.6 Å². The Morgan fingerprint density at radius 2 is 1.67 bits per heavy atom. The second-order valence-electron chi connectivity index (χ2n) is 9.05. The highest BCUT2D eigenvalue weighted by molar-refractivity contribution is 5.81. The first-order valence-electron chi connectivity index (χ1n) is 12.9. The lowest BCUT2D eigenvalue weighted by atomic mass is 10.0. The molecule has 0 radical (unpaired) electrons. The molecule has 0 saturated heterocycles. The van der Waals surface area contributed by atoms with Crippen LogP contribution in [0.1, 0.15) is 37.1 Å². The van der Waals surface area contributed by atoms with Crippen molar-refractivity contribution in [1.82, 2.24) is 14.9 Å². The number of rotatable bonds is 12. The molecule has 0 aliphatic heterocycles. The summed E-state index contributed by atoms with van der Waals surface area (Å²) in [6.07, 6.45) is 4.37. The van der Waals surface area contributed by atoms with Crippen molar-refractivity contribution in [2.45, 2.75) is 39.2 Å². The van der Waals surface area contributed by atoms with Crippen LogP contribution in [0, 0.1) is 17.0 Å². The van der Waals surface area contributed by atoms with Crippen LogP contribution in [-0.4, -0.2) is 33.3 Å². The van der Waals surface area contributed by atoms with E-state index in [1.54, 1.807) is 12.1 Å². The number of oxime groups is 1. The molecule has 1 aromatic heterocycles. The number of nitrogens with one attached hydrogen (secondary N) is 1. The molecule has 4 aromatic rings. The van der Waals surface area contributed by atoms with Crippen molar-refractivity contribution in [1.29, 1.82) is 0 Å². The van der Waals surface area contributed by atoms with Crippen LogP contribution < -0.4 is 5.32 Å². The number of amides is 1.